The SMILES string of the molecule is CCC(CC)(NC(=O)c1cnn2ccncc12)/C(N)=N/O. The van der Waals surface area contributed by atoms with Gasteiger partial charge in [-0.25, -0.2) is 4.52 Å². The Morgan fingerprint density at radius 3 is 2.81 bits per heavy atom. The zero-order chi connectivity index (χ0) is 15.5. The number of oxime groups is 1. The van der Waals surface area contributed by atoms with E-state index in [0.717, 1.165) is 0 Å². The third kappa shape index (κ3) is 2.51. The molecule has 1 amide bonds. The van der Waals surface area contributed by atoms with E-state index in [1.807, 2.05) is 13.8 Å². The standard InChI is InChI=1S/C13H18N6O2/c1-3-13(4-2,12(14)18-21)17-11(20)9-7-16-19-6-5-15-8-10(9)19/h5-8,21H,3-4H2,1-2H3,(H2,14,18)(H,17,20). The van der Waals surface area contributed by atoms with Crippen LogP contribution in [0, 0.1) is 0 Å². The van der Waals surface area contributed by atoms with Crippen molar-refractivity contribution in [2.24, 2.45) is 10.9 Å². The zero-order valence-corrected chi connectivity index (χ0v) is 11.9. The summed E-state index contributed by atoms with van der Waals surface area (Å²) in [4.78, 5) is 16.5. The van der Waals surface area contributed by atoms with Crippen LogP contribution in [0.5, 0.6) is 0 Å². The maximum Gasteiger partial charge on any atom is 0.255 e. The molecular formula is C13H18N6O2. The number of nitrogens with one attached hydrogen (secondary N) is 1. The Balaban J connectivity index is 2.36. The van der Waals surface area contributed by atoms with E-state index in [2.05, 4.69) is 20.6 Å². The first-order valence-electron chi connectivity index (χ1n) is 6.65. The summed E-state index contributed by atoms with van der Waals surface area (Å²) in [5, 5.41) is 18.9. The second-order valence-electron chi connectivity index (χ2n) is 4.69. The summed E-state index contributed by atoms with van der Waals surface area (Å²) in [7, 11) is 0. The minimum absolute atomic E-state index is 0.0181. The van der Waals surface area contributed by atoms with Crippen LogP contribution in [0.3, 0.4) is 0 Å². The highest BCUT2D eigenvalue weighted by atomic mass is 16.4. The number of carbonyl (C=O) groups excluding carboxylic acids is 1. The van der Waals surface area contributed by atoms with Gasteiger partial charge in [0.05, 0.1) is 23.5 Å². The van der Waals surface area contributed by atoms with Gasteiger partial charge in [-0.1, -0.05) is 19.0 Å². The molecule has 0 aliphatic heterocycles. The molecule has 0 radical (unpaired) electrons. The maximum absolute atomic E-state index is 12.5. The van der Waals surface area contributed by atoms with Crippen molar-refractivity contribution in [1.82, 2.24) is 19.9 Å². The number of nitrogens with two attached hydrogens (primary N) is 1. The van der Waals surface area contributed by atoms with Crippen LogP contribution in [0.25, 0.3) is 5.52 Å². The van der Waals surface area contributed by atoms with Crippen molar-refractivity contribution in [3.8, 4) is 0 Å². The third-order valence-electron chi connectivity index (χ3n) is 3.73. The van der Waals surface area contributed by atoms with Crippen LogP contribution in [0.2, 0.25) is 0 Å². The van der Waals surface area contributed by atoms with Crippen molar-refractivity contribution >= 4 is 17.3 Å². The fraction of sp³-hybridized carbons (Fsp3) is 0.385. The molecule has 0 unspecified atom stereocenters. The normalized spacial score (nSPS) is 12.6. The molecule has 112 valence electrons. The van der Waals surface area contributed by atoms with E-state index in [-0.39, 0.29) is 11.7 Å². The lowest BCUT2D eigenvalue weighted by Gasteiger charge is -2.31. The van der Waals surface area contributed by atoms with Crippen LogP contribution in [0.1, 0.15) is 37.0 Å². The van der Waals surface area contributed by atoms with Gasteiger partial charge in [0, 0.05) is 12.4 Å². The molecule has 2 heterocycles. The lowest BCUT2D eigenvalue weighted by Crippen LogP contribution is -2.56. The number of hydrogen-bond acceptors (Lipinski definition) is 5. The van der Waals surface area contributed by atoms with Crippen LogP contribution in [-0.2, 0) is 0 Å². The summed E-state index contributed by atoms with van der Waals surface area (Å²) in [6.07, 6.45) is 7.27. The molecule has 0 spiro atoms. The van der Waals surface area contributed by atoms with Crippen LogP contribution in [0.15, 0.2) is 29.9 Å². The van der Waals surface area contributed by atoms with Gasteiger partial charge in [-0.3, -0.25) is 9.78 Å². The highest BCUT2D eigenvalue weighted by Crippen LogP contribution is 2.18. The summed E-state index contributed by atoms with van der Waals surface area (Å²) in [5.74, 6) is -0.358. The Labute approximate surface area is 121 Å². The Hall–Kier alpha value is -2.64. The van der Waals surface area contributed by atoms with Gasteiger partial charge in [0.25, 0.3) is 5.91 Å². The average Bonchev–Trinajstić information content (AvgIpc) is 2.96. The van der Waals surface area contributed by atoms with Crippen molar-refractivity contribution in [3.63, 3.8) is 0 Å². The molecule has 0 aliphatic rings. The van der Waals surface area contributed by atoms with Gasteiger partial charge in [0.15, 0.2) is 5.84 Å². The number of nitrogens with zero attached hydrogens (tertiary/aromatic N) is 4. The zero-order valence-electron chi connectivity index (χ0n) is 11.9. The van der Waals surface area contributed by atoms with Crippen LogP contribution < -0.4 is 11.1 Å². The monoisotopic (exact) mass is 290 g/mol. The molecule has 0 aliphatic carbocycles. The first-order chi connectivity index (χ1) is 10.1. The summed E-state index contributed by atoms with van der Waals surface area (Å²) < 4.78 is 1.56. The van der Waals surface area contributed by atoms with Gasteiger partial charge < -0.3 is 16.3 Å². The second kappa shape index (κ2) is 5.78. The topological polar surface area (TPSA) is 118 Å². The van der Waals surface area contributed by atoms with E-state index in [1.54, 1.807) is 23.1 Å². The summed E-state index contributed by atoms with van der Waals surface area (Å²) in [6, 6.07) is 0. The van der Waals surface area contributed by atoms with E-state index >= 15 is 0 Å². The summed E-state index contributed by atoms with van der Waals surface area (Å²) >= 11 is 0. The van der Waals surface area contributed by atoms with Gasteiger partial charge in [0.1, 0.15) is 5.54 Å². The summed E-state index contributed by atoms with van der Waals surface area (Å²) in [6.45, 7) is 3.72. The van der Waals surface area contributed by atoms with Gasteiger partial charge in [-0.15, -0.1) is 0 Å². The molecule has 4 N–H and O–H groups in total. The number of hydrogen-bond donors (Lipinski definition) is 3. The van der Waals surface area contributed by atoms with Crippen molar-refractivity contribution in [2.75, 3.05) is 0 Å². The fourth-order valence-electron chi connectivity index (χ4n) is 2.24. The summed E-state index contributed by atoms with van der Waals surface area (Å²) in [5.41, 5.74) is 5.84. The number of rotatable bonds is 5. The van der Waals surface area contributed by atoms with Crippen molar-refractivity contribution < 1.29 is 10.0 Å². The van der Waals surface area contributed by atoms with Crippen molar-refractivity contribution in [2.45, 2.75) is 32.2 Å². The first kappa shape index (κ1) is 14.8. The predicted octanol–water partition coefficient (Wildman–Crippen LogP) is 0.764. The molecule has 0 saturated heterocycles. The number of amidine groups is 1. The van der Waals surface area contributed by atoms with Crippen molar-refractivity contribution in [3.05, 3.63) is 30.4 Å². The quantitative estimate of drug-likeness (QED) is 0.325. The molecule has 0 bridgehead atoms. The Morgan fingerprint density at radius 1 is 1.48 bits per heavy atom. The lowest BCUT2D eigenvalue weighted by molar-refractivity contribution is 0.0919. The Bertz CT molecular complexity index is 674. The minimum Gasteiger partial charge on any atom is -0.409 e. The van der Waals surface area contributed by atoms with Crippen LogP contribution >= 0.6 is 0 Å². The van der Waals surface area contributed by atoms with Gasteiger partial charge in [0.2, 0.25) is 0 Å². The van der Waals surface area contributed by atoms with E-state index in [9.17, 15) is 4.79 Å². The Kier molecular flexibility index (Phi) is 4.06. The fourth-order valence-corrected chi connectivity index (χ4v) is 2.24. The molecule has 8 nitrogen and oxygen atoms in total. The van der Waals surface area contributed by atoms with Gasteiger partial charge in [-0.05, 0) is 12.8 Å². The maximum atomic E-state index is 12.5. The molecule has 0 atom stereocenters. The van der Waals surface area contributed by atoms with Gasteiger partial charge >= 0.3 is 0 Å². The molecule has 0 fully saturated rings. The largest absolute Gasteiger partial charge is 0.409 e. The average molecular weight is 290 g/mol. The third-order valence-corrected chi connectivity index (χ3v) is 3.73. The molecular weight excluding hydrogens is 272 g/mol. The van der Waals surface area contributed by atoms with Gasteiger partial charge in [-0.2, -0.15) is 5.10 Å². The highest BCUT2D eigenvalue weighted by molar-refractivity contribution is 6.04. The smallest absolute Gasteiger partial charge is 0.255 e. The number of fused-ring (bicyclic) bond motifs is 1. The molecule has 0 saturated carbocycles. The molecule has 8 heteroatoms. The van der Waals surface area contributed by atoms with E-state index in [1.165, 1.54) is 6.20 Å². The second-order valence-corrected chi connectivity index (χ2v) is 4.69. The van der Waals surface area contributed by atoms with E-state index in [4.69, 9.17) is 10.9 Å². The highest BCUT2D eigenvalue weighted by Gasteiger charge is 2.34. The lowest BCUT2D eigenvalue weighted by atomic mass is 9.91. The number of amides is 1. The van der Waals surface area contributed by atoms with Crippen molar-refractivity contribution in [1.29, 1.82) is 0 Å². The molecule has 0 aromatic carbocycles. The minimum atomic E-state index is -0.887. The number of aromatic nitrogens is 3. The first-order valence-corrected chi connectivity index (χ1v) is 6.65. The molecule has 21 heavy (non-hydrogen) atoms. The van der Waals surface area contributed by atoms with Crippen LogP contribution in [-0.4, -0.2) is 37.1 Å². The number of carbonyl (C=O) groups is 1. The van der Waals surface area contributed by atoms with E-state index < -0.39 is 5.54 Å². The molecule has 2 aromatic heterocycles. The Morgan fingerprint density at radius 2 is 2.19 bits per heavy atom. The van der Waals surface area contributed by atoms with E-state index in [0.29, 0.717) is 23.9 Å². The molecule has 2 aromatic rings. The predicted molar refractivity (Wildman–Crippen MR) is 77.2 cm³/mol. The van der Waals surface area contributed by atoms with Crippen LogP contribution in [0.4, 0.5) is 0 Å². The molecule has 2 rings (SSSR count).